The molecule has 0 aromatic heterocycles. The van der Waals surface area contributed by atoms with Gasteiger partial charge in [-0.1, -0.05) is 12.1 Å². The van der Waals surface area contributed by atoms with Crippen LogP contribution in [-0.4, -0.2) is 58.9 Å². The van der Waals surface area contributed by atoms with Crippen molar-refractivity contribution in [2.45, 2.75) is 13.0 Å². The third kappa shape index (κ3) is 2.96. The summed E-state index contributed by atoms with van der Waals surface area (Å²) in [6.07, 6.45) is 0. The third-order valence-corrected chi connectivity index (χ3v) is 3.68. The van der Waals surface area contributed by atoms with Crippen molar-refractivity contribution in [3.63, 3.8) is 0 Å². The first-order valence-corrected chi connectivity index (χ1v) is 7.01. The molecular weight excluding hydrogens is 284 g/mol. The predicted molar refractivity (Wildman–Crippen MR) is 81.5 cm³/mol. The summed E-state index contributed by atoms with van der Waals surface area (Å²) in [4.78, 5) is 27.6. The number of carbonyl (C=O) groups excluding carboxylic acids is 2. The first kappa shape index (κ1) is 16.0. The summed E-state index contributed by atoms with van der Waals surface area (Å²) < 4.78 is 0. The Hall–Kier alpha value is -2.34. The van der Waals surface area contributed by atoms with Gasteiger partial charge in [0.05, 0.1) is 11.6 Å². The van der Waals surface area contributed by atoms with Gasteiger partial charge in [0.15, 0.2) is 11.5 Å². The highest BCUT2D eigenvalue weighted by atomic mass is 16.3. The number of hydrogen-bond acceptors (Lipinski definition) is 5. The molecule has 1 amide bonds. The Morgan fingerprint density at radius 1 is 1.23 bits per heavy atom. The van der Waals surface area contributed by atoms with E-state index in [1.165, 1.54) is 24.0 Å². The number of nitrogens with zero attached hydrogens (tertiary/aromatic N) is 2. The average Bonchev–Trinajstić information content (AvgIpc) is 2.70. The molecule has 2 N–H and O–H groups in total. The summed E-state index contributed by atoms with van der Waals surface area (Å²) in [5, 5.41) is 19.5. The number of phenols is 1. The highest BCUT2D eigenvalue weighted by Crippen LogP contribution is 2.37. The Morgan fingerprint density at radius 2 is 1.82 bits per heavy atom. The maximum Gasteiger partial charge on any atom is 0.290 e. The van der Waals surface area contributed by atoms with Crippen molar-refractivity contribution in [1.29, 1.82) is 0 Å². The molecule has 1 aromatic carbocycles. The predicted octanol–water partition coefficient (Wildman–Crippen LogP) is 1.24. The van der Waals surface area contributed by atoms with Crippen LogP contribution in [0, 0.1) is 0 Å². The number of hydrogen-bond donors (Lipinski definition) is 2. The Balaban J connectivity index is 2.43. The van der Waals surface area contributed by atoms with Crippen LogP contribution >= 0.6 is 0 Å². The minimum Gasteiger partial charge on any atom is -0.508 e. The van der Waals surface area contributed by atoms with Crippen molar-refractivity contribution < 1.29 is 19.8 Å². The van der Waals surface area contributed by atoms with E-state index in [4.69, 9.17) is 0 Å². The maximum absolute atomic E-state index is 12.3. The lowest BCUT2D eigenvalue weighted by molar-refractivity contribution is -0.129. The molecule has 118 valence electrons. The summed E-state index contributed by atoms with van der Waals surface area (Å²) in [6.45, 7) is 2.33. The molecule has 0 fully saturated rings. The molecule has 1 aromatic rings. The van der Waals surface area contributed by atoms with E-state index < -0.39 is 17.7 Å². The van der Waals surface area contributed by atoms with E-state index in [1.807, 2.05) is 19.0 Å². The topological polar surface area (TPSA) is 81.1 Å². The summed E-state index contributed by atoms with van der Waals surface area (Å²) in [6, 6.07) is 5.67. The van der Waals surface area contributed by atoms with Crippen LogP contribution in [0.15, 0.2) is 35.6 Å². The second kappa shape index (κ2) is 6.19. The van der Waals surface area contributed by atoms with E-state index in [9.17, 15) is 19.8 Å². The molecule has 1 aliphatic heterocycles. The fourth-order valence-corrected chi connectivity index (χ4v) is 2.55. The number of phenolic OH excluding ortho intramolecular Hbond substituents is 1. The van der Waals surface area contributed by atoms with Gasteiger partial charge >= 0.3 is 0 Å². The molecule has 0 saturated carbocycles. The molecule has 0 radical (unpaired) electrons. The van der Waals surface area contributed by atoms with Gasteiger partial charge in [-0.25, -0.2) is 0 Å². The van der Waals surface area contributed by atoms with Crippen LogP contribution in [0.2, 0.25) is 0 Å². The molecule has 1 heterocycles. The zero-order chi connectivity index (χ0) is 16.4. The Labute approximate surface area is 129 Å². The zero-order valence-corrected chi connectivity index (χ0v) is 12.9. The van der Waals surface area contributed by atoms with E-state index in [0.717, 1.165) is 0 Å². The van der Waals surface area contributed by atoms with Gasteiger partial charge in [0.1, 0.15) is 5.75 Å². The van der Waals surface area contributed by atoms with Gasteiger partial charge in [-0.2, -0.15) is 0 Å². The van der Waals surface area contributed by atoms with E-state index in [2.05, 4.69) is 0 Å². The summed E-state index contributed by atoms with van der Waals surface area (Å²) in [7, 11) is 3.77. The molecule has 6 heteroatoms. The van der Waals surface area contributed by atoms with Gasteiger partial charge < -0.3 is 20.0 Å². The van der Waals surface area contributed by atoms with E-state index in [-0.39, 0.29) is 17.1 Å². The number of likely N-dealkylation sites (N-methyl/N-ethyl adjacent to an activating group) is 1. The fraction of sp³-hybridized carbons (Fsp3) is 0.375. The molecule has 22 heavy (non-hydrogen) atoms. The van der Waals surface area contributed by atoms with Crippen LogP contribution in [-0.2, 0) is 9.59 Å². The third-order valence-electron chi connectivity index (χ3n) is 3.68. The zero-order valence-electron chi connectivity index (χ0n) is 12.9. The number of aliphatic hydroxyl groups excluding tert-OH is 1. The quantitative estimate of drug-likeness (QED) is 0.855. The van der Waals surface area contributed by atoms with Crippen LogP contribution in [0.5, 0.6) is 5.75 Å². The fourth-order valence-electron chi connectivity index (χ4n) is 2.55. The Morgan fingerprint density at radius 3 is 2.32 bits per heavy atom. The molecule has 2 rings (SSSR count). The highest BCUT2D eigenvalue weighted by molar-refractivity contribution is 6.08. The summed E-state index contributed by atoms with van der Waals surface area (Å²) >= 11 is 0. The van der Waals surface area contributed by atoms with Crippen molar-refractivity contribution in [3.05, 3.63) is 41.2 Å². The molecule has 1 aliphatic rings. The number of ketones is 1. The lowest BCUT2D eigenvalue weighted by Crippen LogP contribution is -2.36. The van der Waals surface area contributed by atoms with Crippen LogP contribution in [0.3, 0.4) is 0 Å². The number of carbonyl (C=O) groups is 2. The molecule has 0 bridgehead atoms. The maximum atomic E-state index is 12.3. The largest absolute Gasteiger partial charge is 0.508 e. The van der Waals surface area contributed by atoms with Gasteiger partial charge in [-0.3, -0.25) is 9.59 Å². The molecular formula is C16H20N2O4. The van der Waals surface area contributed by atoms with Crippen molar-refractivity contribution in [2.24, 2.45) is 0 Å². The summed E-state index contributed by atoms with van der Waals surface area (Å²) in [5.41, 5.74) is 0.786. The van der Waals surface area contributed by atoms with Crippen LogP contribution < -0.4 is 0 Å². The van der Waals surface area contributed by atoms with Crippen molar-refractivity contribution >= 4 is 11.7 Å². The molecule has 6 nitrogen and oxygen atoms in total. The van der Waals surface area contributed by atoms with Gasteiger partial charge in [-0.15, -0.1) is 0 Å². The second-order valence-electron chi connectivity index (χ2n) is 5.61. The lowest BCUT2D eigenvalue weighted by atomic mass is 9.96. The Bertz CT molecular complexity index is 620. The van der Waals surface area contributed by atoms with Gasteiger partial charge in [0, 0.05) is 13.1 Å². The molecule has 0 aliphatic carbocycles. The summed E-state index contributed by atoms with van der Waals surface area (Å²) in [5.74, 6) is -1.25. The van der Waals surface area contributed by atoms with Crippen LogP contribution in [0.4, 0.5) is 0 Å². The number of benzene rings is 1. The minimum absolute atomic E-state index is 0.102. The average molecular weight is 304 g/mol. The lowest BCUT2D eigenvalue weighted by Gasteiger charge is -2.27. The molecule has 0 unspecified atom stereocenters. The normalized spacial score (nSPS) is 18.5. The Kier molecular flexibility index (Phi) is 4.51. The van der Waals surface area contributed by atoms with E-state index >= 15 is 0 Å². The standard InChI is InChI=1S/C16H20N2O4/c1-10(19)13-14(11-4-6-12(20)7-5-11)18(9-8-17(2)3)16(22)15(13)21/h4-7,14,20-21H,8-9H2,1-3H3/t14-/m0/s1. The SMILES string of the molecule is CC(=O)C1=C(O)C(=O)N(CCN(C)C)[C@H]1c1ccc(O)cc1. The van der Waals surface area contributed by atoms with E-state index in [0.29, 0.717) is 18.7 Å². The van der Waals surface area contributed by atoms with Crippen LogP contribution in [0.1, 0.15) is 18.5 Å². The van der Waals surface area contributed by atoms with Crippen molar-refractivity contribution in [2.75, 3.05) is 27.2 Å². The van der Waals surface area contributed by atoms with Gasteiger partial charge in [0.25, 0.3) is 5.91 Å². The molecule has 1 atom stereocenters. The second-order valence-corrected chi connectivity index (χ2v) is 5.61. The highest BCUT2D eigenvalue weighted by Gasteiger charge is 2.42. The monoisotopic (exact) mass is 304 g/mol. The van der Waals surface area contributed by atoms with Crippen molar-refractivity contribution in [1.82, 2.24) is 9.80 Å². The number of aliphatic hydroxyl groups is 1. The smallest absolute Gasteiger partial charge is 0.290 e. The van der Waals surface area contributed by atoms with E-state index in [1.54, 1.807) is 12.1 Å². The van der Waals surface area contributed by atoms with Gasteiger partial charge in [0.2, 0.25) is 0 Å². The first-order chi connectivity index (χ1) is 10.3. The first-order valence-electron chi connectivity index (χ1n) is 7.01. The number of rotatable bonds is 5. The van der Waals surface area contributed by atoms with Crippen LogP contribution in [0.25, 0.3) is 0 Å². The number of amides is 1. The van der Waals surface area contributed by atoms with Crippen molar-refractivity contribution in [3.8, 4) is 5.75 Å². The molecule has 0 spiro atoms. The minimum atomic E-state index is -0.620. The van der Waals surface area contributed by atoms with Gasteiger partial charge in [-0.05, 0) is 38.7 Å². The number of aromatic hydroxyl groups is 1. The number of Topliss-reactive ketones (excluding diaryl/α,β-unsaturated/α-hetero) is 1. The molecule has 0 saturated heterocycles.